The van der Waals surface area contributed by atoms with Crippen molar-refractivity contribution in [2.24, 2.45) is 0 Å². The molecule has 4 nitrogen and oxygen atoms in total. The Labute approximate surface area is 160 Å². The maximum absolute atomic E-state index is 13.4. The maximum atomic E-state index is 13.4. The SMILES string of the molecule is O=C1Nc2ccccc2CC[C@@H]1S(=O)(=O)c1ccc(Br)c2ccccc12. The fraction of sp³-hybridized carbons (Fsp3) is 0.150. The molecule has 132 valence electrons. The summed E-state index contributed by atoms with van der Waals surface area (Å²) in [4.78, 5) is 12.9. The van der Waals surface area contributed by atoms with Crippen molar-refractivity contribution in [2.75, 3.05) is 5.32 Å². The number of para-hydroxylation sites is 1. The van der Waals surface area contributed by atoms with Gasteiger partial charge in [-0.25, -0.2) is 8.42 Å². The van der Waals surface area contributed by atoms with Gasteiger partial charge in [0.05, 0.1) is 4.90 Å². The third-order valence-corrected chi connectivity index (χ3v) is 7.61. The van der Waals surface area contributed by atoms with E-state index in [1.54, 1.807) is 30.3 Å². The normalized spacial score (nSPS) is 17.4. The van der Waals surface area contributed by atoms with Gasteiger partial charge >= 0.3 is 0 Å². The highest BCUT2D eigenvalue weighted by molar-refractivity contribution is 9.10. The molecule has 3 aromatic rings. The number of carbonyl (C=O) groups excluding carboxylic acids is 1. The second-order valence-corrected chi connectivity index (χ2v) is 9.26. The molecule has 26 heavy (non-hydrogen) atoms. The number of nitrogens with one attached hydrogen (secondary N) is 1. The topological polar surface area (TPSA) is 63.2 Å². The van der Waals surface area contributed by atoms with E-state index in [0.29, 0.717) is 17.5 Å². The van der Waals surface area contributed by atoms with Crippen LogP contribution >= 0.6 is 15.9 Å². The number of hydrogen-bond acceptors (Lipinski definition) is 3. The van der Waals surface area contributed by atoms with Gasteiger partial charge in [-0.15, -0.1) is 0 Å². The molecule has 4 rings (SSSR count). The minimum atomic E-state index is -3.83. The smallest absolute Gasteiger partial charge is 0.243 e. The molecule has 0 saturated heterocycles. The molecular formula is C20H16BrNO3S. The van der Waals surface area contributed by atoms with Crippen LogP contribution in [0.1, 0.15) is 12.0 Å². The van der Waals surface area contributed by atoms with E-state index in [0.717, 1.165) is 15.4 Å². The first-order chi connectivity index (χ1) is 12.5. The molecule has 1 atom stereocenters. The van der Waals surface area contributed by atoms with E-state index in [-0.39, 0.29) is 11.3 Å². The van der Waals surface area contributed by atoms with Crippen molar-refractivity contribution in [3.8, 4) is 0 Å². The van der Waals surface area contributed by atoms with Gasteiger partial charge in [-0.2, -0.15) is 0 Å². The van der Waals surface area contributed by atoms with Crippen LogP contribution in [0.15, 0.2) is 70.0 Å². The quantitative estimate of drug-likeness (QED) is 0.659. The number of benzene rings is 3. The molecule has 0 aliphatic carbocycles. The summed E-state index contributed by atoms with van der Waals surface area (Å²) >= 11 is 3.46. The molecule has 0 fully saturated rings. The zero-order valence-corrected chi connectivity index (χ0v) is 16.2. The summed E-state index contributed by atoms with van der Waals surface area (Å²) in [5.41, 5.74) is 1.65. The average molecular weight is 430 g/mol. The largest absolute Gasteiger partial charge is 0.325 e. The Hall–Kier alpha value is -2.18. The maximum Gasteiger partial charge on any atom is 0.243 e. The van der Waals surface area contributed by atoms with Gasteiger partial charge in [-0.3, -0.25) is 4.79 Å². The third-order valence-electron chi connectivity index (χ3n) is 4.76. The van der Waals surface area contributed by atoms with Crippen molar-refractivity contribution in [1.82, 2.24) is 0 Å². The van der Waals surface area contributed by atoms with Gasteiger partial charge in [0.15, 0.2) is 9.84 Å². The number of anilines is 1. The number of aryl methyl sites for hydroxylation is 1. The second-order valence-electron chi connectivity index (χ2n) is 6.31. The van der Waals surface area contributed by atoms with E-state index in [2.05, 4.69) is 21.2 Å². The zero-order valence-electron chi connectivity index (χ0n) is 13.8. The summed E-state index contributed by atoms with van der Waals surface area (Å²) in [5.74, 6) is -0.470. The van der Waals surface area contributed by atoms with Crippen molar-refractivity contribution in [2.45, 2.75) is 23.0 Å². The van der Waals surface area contributed by atoms with Gasteiger partial charge < -0.3 is 5.32 Å². The van der Waals surface area contributed by atoms with Crippen molar-refractivity contribution >= 4 is 48.1 Å². The Bertz CT molecular complexity index is 1120. The number of sulfone groups is 1. The number of halogens is 1. The van der Waals surface area contributed by atoms with E-state index >= 15 is 0 Å². The summed E-state index contributed by atoms with van der Waals surface area (Å²) in [6.07, 6.45) is 0.794. The predicted molar refractivity (Wildman–Crippen MR) is 106 cm³/mol. The van der Waals surface area contributed by atoms with Gasteiger partial charge in [-0.05, 0) is 42.0 Å². The first-order valence-corrected chi connectivity index (χ1v) is 10.6. The summed E-state index contributed by atoms with van der Waals surface area (Å²) < 4.78 is 27.5. The molecule has 1 aliphatic heterocycles. The fourth-order valence-corrected chi connectivity index (χ4v) is 5.72. The van der Waals surface area contributed by atoms with Crippen LogP contribution in [0.25, 0.3) is 10.8 Å². The summed E-state index contributed by atoms with van der Waals surface area (Å²) in [5, 5.41) is 3.10. The van der Waals surface area contributed by atoms with Crippen LogP contribution in [0.5, 0.6) is 0 Å². The predicted octanol–water partition coefficient (Wildman–Crippen LogP) is 4.33. The Morgan fingerprint density at radius 2 is 1.62 bits per heavy atom. The fourth-order valence-electron chi connectivity index (χ4n) is 3.42. The standard InChI is InChI=1S/C20H16BrNO3S/c21-16-10-12-18(15-7-3-2-6-14(15)16)26(24,25)19-11-9-13-5-1-4-8-17(13)22-20(19)23/h1-8,10,12,19H,9,11H2,(H,22,23)/t19-/m0/s1. The minimum Gasteiger partial charge on any atom is -0.325 e. The molecule has 1 N–H and O–H groups in total. The van der Waals surface area contributed by atoms with Crippen molar-refractivity contribution in [1.29, 1.82) is 0 Å². The molecular weight excluding hydrogens is 414 g/mol. The van der Waals surface area contributed by atoms with Crippen molar-refractivity contribution < 1.29 is 13.2 Å². The van der Waals surface area contributed by atoms with Crippen LogP contribution in [0.2, 0.25) is 0 Å². The summed E-state index contributed by atoms with van der Waals surface area (Å²) in [7, 11) is -3.83. The average Bonchev–Trinajstić information content (AvgIpc) is 2.80. The molecule has 1 heterocycles. The number of carbonyl (C=O) groups is 1. The van der Waals surface area contributed by atoms with E-state index in [1.807, 2.05) is 30.3 Å². The Balaban J connectivity index is 1.81. The highest BCUT2D eigenvalue weighted by Crippen LogP contribution is 2.34. The molecule has 0 spiro atoms. The highest BCUT2D eigenvalue weighted by Gasteiger charge is 2.36. The second kappa shape index (κ2) is 6.52. The van der Waals surface area contributed by atoms with Crippen LogP contribution < -0.4 is 5.32 Å². The first kappa shape index (κ1) is 17.2. The Morgan fingerprint density at radius 3 is 2.42 bits per heavy atom. The van der Waals surface area contributed by atoms with Crippen LogP contribution in [-0.4, -0.2) is 19.6 Å². The van der Waals surface area contributed by atoms with E-state index in [4.69, 9.17) is 0 Å². The number of hydrogen-bond donors (Lipinski definition) is 1. The molecule has 0 unspecified atom stereocenters. The minimum absolute atomic E-state index is 0.197. The number of fused-ring (bicyclic) bond motifs is 2. The molecule has 1 amide bonds. The number of amides is 1. The van der Waals surface area contributed by atoms with Crippen molar-refractivity contribution in [3.05, 3.63) is 70.7 Å². The van der Waals surface area contributed by atoms with E-state index in [9.17, 15) is 13.2 Å². The third kappa shape index (κ3) is 2.83. The summed E-state index contributed by atoms with van der Waals surface area (Å²) in [6, 6.07) is 18.0. The van der Waals surface area contributed by atoms with Crippen LogP contribution in [0, 0.1) is 0 Å². The van der Waals surface area contributed by atoms with E-state index in [1.165, 1.54) is 0 Å². The van der Waals surface area contributed by atoms with E-state index < -0.39 is 21.0 Å². The summed E-state index contributed by atoms with van der Waals surface area (Å²) in [6.45, 7) is 0. The lowest BCUT2D eigenvalue weighted by atomic mass is 10.1. The van der Waals surface area contributed by atoms with Crippen LogP contribution in [0.3, 0.4) is 0 Å². The van der Waals surface area contributed by atoms with Gasteiger partial charge in [0.1, 0.15) is 5.25 Å². The molecule has 0 saturated carbocycles. The molecule has 0 aromatic heterocycles. The van der Waals surface area contributed by atoms with Crippen molar-refractivity contribution in [3.63, 3.8) is 0 Å². The Kier molecular flexibility index (Phi) is 4.32. The van der Waals surface area contributed by atoms with Gasteiger partial charge in [0, 0.05) is 15.5 Å². The molecule has 1 aliphatic rings. The monoisotopic (exact) mass is 429 g/mol. The molecule has 0 radical (unpaired) electrons. The lowest BCUT2D eigenvalue weighted by Crippen LogP contribution is -2.34. The lowest BCUT2D eigenvalue weighted by molar-refractivity contribution is -0.115. The Morgan fingerprint density at radius 1 is 0.923 bits per heavy atom. The molecule has 6 heteroatoms. The first-order valence-electron chi connectivity index (χ1n) is 8.28. The number of rotatable bonds is 2. The molecule has 3 aromatic carbocycles. The highest BCUT2D eigenvalue weighted by atomic mass is 79.9. The lowest BCUT2D eigenvalue weighted by Gasteiger charge is -2.16. The van der Waals surface area contributed by atoms with Crippen LogP contribution in [-0.2, 0) is 21.1 Å². The van der Waals surface area contributed by atoms with Gasteiger partial charge in [0.2, 0.25) is 5.91 Å². The zero-order chi connectivity index (χ0) is 18.3. The van der Waals surface area contributed by atoms with Crippen LogP contribution in [0.4, 0.5) is 5.69 Å². The molecule has 0 bridgehead atoms. The van der Waals surface area contributed by atoms with Gasteiger partial charge in [-0.1, -0.05) is 58.4 Å². The van der Waals surface area contributed by atoms with Gasteiger partial charge in [0.25, 0.3) is 0 Å².